The second-order valence-electron chi connectivity index (χ2n) is 18.6. The van der Waals surface area contributed by atoms with Crippen molar-refractivity contribution in [1.29, 1.82) is 0 Å². The van der Waals surface area contributed by atoms with E-state index in [2.05, 4.69) is 19.9 Å². The van der Waals surface area contributed by atoms with Crippen molar-refractivity contribution in [2.24, 2.45) is 0 Å². The molecule has 0 aromatic rings. The number of hydrogen-bond acceptors (Lipinski definition) is 9. The normalized spacial score (nSPS) is 14.8. The molecule has 0 aromatic carbocycles. The molecule has 3 N–H and O–H groups in total. The van der Waals surface area contributed by atoms with Crippen LogP contribution in [-0.4, -0.2) is 97.3 Å². The molecule has 4 atom stereocenters. The summed E-state index contributed by atoms with van der Waals surface area (Å²) in [6.07, 6.45) is 45.1. The third kappa shape index (κ3) is 46.4. The molecule has 11 nitrogen and oxygen atoms in total. The van der Waals surface area contributed by atoms with Crippen molar-refractivity contribution in [2.45, 2.75) is 225 Å². The molecule has 0 saturated carbocycles. The number of unbranched alkanes of at least 4 members (excludes halogenated alkanes) is 23. The van der Waals surface area contributed by atoms with Crippen molar-refractivity contribution < 1.29 is 52.3 Å². The molecule has 0 rings (SSSR count). The molecule has 0 radical (unpaired) electrons. The van der Waals surface area contributed by atoms with Gasteiger partial charge in [-0.15, -0.1) is 0 Å². The van der Waals surface area contributed by atoms with E-state index in [0.29, 0.717) is 36.7 Å². The highest BCUT2D eigenvalue weighted by Gasteiger charge is 2.27. The molecule has 0 aliphatic heterocycles. The highest BCUT2D eigenvalue weighted by molar-refractivity contribution is 7.47. The minimum Gasteiger partial charge on any atom is -0.462 e. The van der Waals surface area contributed by atoms with Crippen molar-refractivity contribution in [3.63, 3.8) is 0 Å². The van der Waals surface area contributed by atoms with Crippen molar-refractivity contribution in [2.75, 3.05) is 47.5 Å². The summed E-state index contributed by atoms with van der Waals surface area (Å²) in [6, 6.07) is 0. The molecule has 0 amide bonds. The van der Waals surface area contributed by atoms with Crippen LogP contribution in [0.4, 0.5) is 0 Å². The van der Waals surface area contributed by atoms with Gasteiger partial charge in [0.25, 0.3) is 0 Å². The van der Waals surface area contributed by atoms with Crippen LogP contribution < -0.4 is 0 Å². The lowest BCUT2D eigenvalue weighted by molar-refractivity contribution is -0.870. The third-order valence-electron chi connectivity index (χ3n) is 11.1. The molecular weight excluding hydrogens is 830 g/mol. The number of ether oxygens (including phenoxy) is 2. The number of nitrogens with zero attached hydrogens (tertiary/aromatic N) is 1. The Morgan fingerprint density at radius 2 is 1.03 bits per heavy atom. The SMILES string of the molecule is CCCCC/C=C\C[C@@H](O)/C=C/C=C/C=C\[C@@H](O)CCCC(=O)OC[C@H](COP(=O)(O)OCC[N+](C)(C)C)OC(=O)CCCCCCCCCCCCCCCCCCCCCCC. The first kappa shape index (κ1) is 61.9. The second-order valence-corrected chi connectivity index (χ2v) is 20.1. The first-order valence-electron chi connectivity index (χ1n) is 25.6. The van der Waals surface area contributed by atoms with E-state index in [4.69, 9.17) is 18.5 Å². The van der Waals surface area contributed by atoms with Crippen LogP contribution in [0.15, 0.2) is 48.6 Å². The summed E-state index contributed by atoms with van der Waals surface area (Å²) in [4.78, 5) is 35.5. The van der Waals surface area contributed by atoms with Gasteiger partial charge in [0.1, 0.15) is 19.8 Å². The number of quaternary nitrogens is 1. The van der Waals surface area contributed by atoms with Gasteiger partial charge in [-0.3, -0.25) is 18.6 Å². The fourth-order valence-electron chi connectivity index (χ4n) is 6.97. The number of carbonyl (C=O) groups excluding carboxylic acids is 2. The molecule has 1 unspecified atom stereocenters. The summed E-state index contributed by atoms with van der Waals surface area (Å²) in [5.74, 6) is -1.03. The molecule has 0 aliphatic rings. The fraction of sp³-hybridized carbons (Fsp3) is 0.808. The van der Waals surface area contributed by atoms with Crippen LogP contribution in [0.3, 0.4) is 0 Å². The van der Waals surface area contributed by atoms with Gasteiger partial charge < -0.3 is 29.1 Å². The van der Waals surface area contributed by atoms with E-state index in [-0.39, 0.29) is 26.1 Å². The predicted octanol–water partition coefficient (Wildman–Crippen LogP) is 13.0. The maximum atomic E-state index is 12.8. The zero-order valence-corrected chi connectivity index (χ0v) is 42.4. The van der Waals surface area contributed by atoms with Gasteiger partial charge in [0.2, 0.25) is 0 Å². The summed E-state index contributed by atoms with van der Waals surface area (Å²) in [7, 11) is 1.34. The van der Waals surface area contributed by atoms with Crippen LogP contribution in [0.2, 0.25) is 0 Å². The average Bonchev–Trinajstić information content (AvgIpc) is 3.24. The number of phosphoric acid groups is 1. The highest BCUT2D eigenvalue weighted by Crippen LogP contribution is 2.43. The van der Waals surface area contributed by atoms with Crippen LogP contribution in [0.5, 0.6) is 0 Å². The van der Waals surface area contributed by atoms with Gasteiger partial charge in [0.15, 0.2) is 6.10 Å². The number of hydrogen-bond donors (Lipinski definition) is 3. The lowest BCUT2D eigenvalue weighted by Gasteiger charge is -2.24. The van der Waals surface area contributed by atoms with Gasteiger partial charge in [-0.2, -0.15) is 0 Å². The molecule has 0 bridgehead atoms. The number of carbonyl (C=O) groups is 2. The van der Waals surface area contributed by atoms with Gasteiger partial charge in [-0.25, -0.2) is 4.57 Å². The van der Waals surface area contributed by atoms with Crippen molar-refractivity contribution in [3.05, 3.63) is 48.6 Å². The first-order valence-corrected chi connectivity index (χ1v) is 27.1. The van der Waals surface area contributed by atoms with E-state index in [1.165, 1.54) is 128 Å². The van der Waals surface area contributed by atoms with Crippen molar-refractivity contribution in [3.8, 4) is 0 Å². The van der Waals surface area contributed by atoms with Crippen LogP contribution in [0, 0.1) is 0 Å². The molecule has 0 saturated heterocycles. The largest absolute Gasteiger partial charge is 0.472 e. The number of likely N-dealkylation sites (N-methyl/N-ethyl adjacent to an activating group) is 1. The zero-order chi connectivity index (χ0) is 47.4. The van der Waals surface area contributed by atoms with Gasteiger partial charge >= 0.3 is 19.8 Å². The topological polar surface area (TPSA) is 149 Å². The Hall–Kier alpha value is -2.11. The third-order valence-corrected chi connectivity index (χ3v) is 12.0. The molecule has 12 heteroatoms. The summed E-state index contributed by atoms with van der Waals surface area (Å²) >= 11 is 0. The van der Waals surface area contributed by atoms with Crippen LogP contribution in [-0.2, 0) is 32.7 Å². The molecular formula is C52H97NO10P+. The quantitative estimate of drug-likeness (QED) is 0.0134. The van der Waals surface area contributed by atoms with Gasteiger partial charge in [-0.05, 0) is 38.5 Å². The molecule has 0 aliphatic carbocycles. The Kier molecular flexibility index (Phi) is 42.0. The van der Waals surface area contributed by atoms with Crippen molar-refractivity contribution >= 4 is 19.8 Å². The molecule has 0 heterocycles. The Morgan fingerprint density at radius 3 is 1.55 bits per heavy atom. The average molecular weight is 927 g/mol. The Balaban J connectivity index is 4.45. The highest BCUT2D eigenvalue weighted by atomic mass is 31.2. The second kappa shape index (κ2) is 43.5. The summed E-state index contributed by atoms with van der Waals surface area (Å²) < 4.78 is 34.2. The van der Waals surface area contributed by atoms with E-state index in [1.807, 2.05) is 27.2 Å². The lowest BCUT2D eigenvalue weighted by atomic mass is 10.0. The lowest BCUT2D eigenvalue weighted by Crippen LogP contribution is -2.37. The number of allylic oxidation sites excluding steroid dienone is 5. The van der Waals surface area contributed by atoms with E-state index in [1.54, 1.807) is 36.5 Å². The van der Waals surface area contributed by atoms with Gasteiger partial charge in [0.05, 0.1) is 40.0 Å². The maximum absolute atomic E-state index is 12.8. The van der Waals surface area contributed by atoms with Crippen LogP contribution in [0.1, 0.15) is 206 Å². The van der Waals surface area contributed by atoms with E-state index in [0.717, 1.165) is 25.7 Å². The Morgan fingerprint density at radius 1 is 0.562 bits per heavy atom. The maximum Gasteiger partial charge on any atom is 0.472 e. The number of rotatable bonds is 46. The summed E-state index contributed by atoms with van der Waals surface area (Å²) in [6.45, 7) is 4.11. The molecule has 0 aromatic heterocycles. The predicted molar refractivity (Wildman–Crippen MR) is 264 cm³/mol. The van der Waals surface area contributed by atoms with E-state index < -0.39 is 44.7 Å². The number of aliphatic hydroxyl groups is 2. The van der Waals surface area contributed by atoms with E-state index in [9.17, 15) is 29.3 Å². The summed E-state index contributed by atoms with van der Waals surface area (Å²) in [5, 5.41) is 20.4. The Labute approximate surface area is 391 Å². The summed E-state index contributed by atoms with van der Waals surface area (Å²) in [5.41, 5.74) is 0. The molecule has 64 heavy (non-hydrogen) atoms. The first-order chi connectivity index (χ1) is 30.8. The molecule has 0 fully saturated rings. The van der Waals surface area contributed by atoms with Gasteiger partial charge in [-0.1, -0.05) is 204 Å². The van der Waals surface area contributed by atoms with Crippen molar-refractivity contribution in [1.82, 2.24) is 0 Å². The fourth-order valence-corrected chi connectivity index (χ4v) is 7.72. The Bertz CT molecular complexity index is 1260. The minimum absolute atomic E-state index is 0.00787. The molecule has 374 valence electrons. The van der Waals surface area contributed by atoms with Crippen LogP contribution >= 0.6 is 7.82 Å². The number of esters is 2. The number of phosphoric ester groups is 1. The van der Waals surface area contributed by atoms with Gasteiger partial charge in [0, 0.05) is 12.8 Å². The van der Waals surface area contributed by atoms with E-state index >= 15 is 0 Å². The molecule has 0 spiro atoms. The minimum atomic E-state index is -4.44. The standard InChI is InChI=1S/C52H96NO10P/c1-6-8-10-12-14-15-16-17-18-19-20-21-22-23-24-25-26-27-28-30-36-42-52(57)63-50(47-62-64(58,59)61-45-44-53(3,4)5)46-60-51(56)43-37-41-49(55)40-35-32-31-34-39-48(54)38-33-29-13-11-9-7-2/h29,31-35,39-40,48-50,54-55H,6-28,30,36-38,41-47H2,1-5H3/p+1/b32-31+,33-29-,39-34+,40-35-/t48-,49-,50-/m1/s1. The number of aliphatic hydroxyl groups excluding tert-OH is 2. The monoisotopic (exact) mass is 927 g/mol. The smallest absolute Gasteiger partial charge is 0.462 e. The zero-order valence-electron chi connectivity index (χ0n) is 41.5. The van der Waals surface area contributed by atoms with Crippen LogP contribution in [0.25, 0.3) is 0 Å².